The van der Waals surface area contributed by atoms with E-state index in [2.05, 4.69) is 76.5 Å². The minimum absolute atomic E-state index is 0. The summed E-state index contributed by atoms with van der Waals surface area (Å²) in [6.07, 6.45) is 11.9. The Morgan fingerprint density at radius 1 is 0.919 bits per heavy atom. The minimum atomic E-state index is 0. The van der Waals surface area contributed by atoms with Crippen molar-refractivity contribution in [1.29, 1.82) is 0 Å². The van der Waals surface area contributed by atoms with Crippen molar-refractivity contribution >= 4 is 58.1 Å². The molecule has 0 bridgehead atoms. The molecule has 0 saturated carbocycles. The highest BCUT2D eigenvalue weighted by Gasteiger charge is 2.25. The molecular weight excluding hydrogens is 652 g/mol. The van der Waals surface area contributed by atoms with Gasteiger partial charge in [0.05, 0.1) is 44.1 Å². The summed E-state index contributed by atoms with van der Waals surface area (Å²) in [5.41, 5.74) is 5.01. The molecular formula is C26H43IN6S4. The van der Waals surface area contributed by atoms with E-state index in [9.17, 15) is 0 Å². The van der Waals surface area contributed by atoms with Crippen molar-refractivity contribution in [2.24, 2.45) is 0 Å². The third-order valence-electron chi connectivity index (χ3n) is 6.60. The third kappa shape index (κ3) is 10.5. The SMILES string of the molecule is CCCCSc1nsnc1C1=CCC(C)N(C)C1.CCCCSc1nsnc1C1=CCC[N+](C)(C)C1.[I-]. The fraction of sp³-hybridized carbons (Fsp3) is 0.692. The first-order valence-electron chi connectivity index (χ1n) is 13.2. The zero-order valence-electron chi connectivity index (χ0n) is 23.2. The van der Waals surface area contributed by atoms with Crippen LogP contribution in [0.2, 0.25) is 0 Å². The highest BCUT2D eigenvalue weighted by molar-refractivity contribution is 7.99. The zero-order valence-corrected chi connectivity index (χ0v) is 28.6. The van der Waals surface area contributed by atoms with E-state index in [1.807, 2.05) is 23.5 Å². The topological polar surface area (TPSA) is 54.8 Å². The van der Waals surface area contributed by atoms with Crippen LogP contribution in [0.5, 0.6) is 0 Å². The van der Waals surface area contributed by atoms with Crippen LogP contribution in [-0.4, -0.2) is 85.2 Å². The summed E-state index contributed by atoms with van der Waals surface area (Å²) < 4.78 is 19.0. The lowest BCUT2D eigenvalue weighted by Crippen LogP contribution is -3.00. The number of nitrogens with zero attached hydrogens (tertiary/aromatic N) is 6. The number of rotatable bonds is 10. The van der Waals surface area contributed by atoms with E-state index in [1.165, 1.54) is 66.8 Å². The van der Waals surface area contributed by atoms with Gasteiger partial charge in [-0.25, -0.2) is 0 Å². The number of halogens is 1. The lowest BCUT2D eigenvalue weighted by atomic mass is 10.0. The second-order valence-electron chi connectivity index (χ2n) is 10.3. The summed E-state index contributed by atoms with van der Waals surface area (Å²) in [5, 5.41) is 2.27. The number of hydrogen-bond donors (Lipinski definition) is 0. The summed E-state index contributed by atoms with van der Waals surface area (Å²) in [6.45, 7) is 10.0. The summed E-state index contributed by atoms with van der Waals surface area (Å²) in [4.78, 5) is 2.38. The first-order chi connectivity index (χ1) is 17.3. The van der Waals surface area contributed by atoms with Gasteiger partial charge in [0.25, 0.3) is 0 Å². The van der Waals surface area contributed by atoms with Gasteiger partial charge in [-0.1, -0.05) is 38.8 Å². The largest absolute Gasteiger partial charge is 1.00 e. The van der Waals surface area contributed by atoms with Gasteiger partial charge < -0.3 is 28.5 Å². The fourth-order valence-corrected chi connectivity index (χ4v) is 7.68. The zero-order chi connectivity index (χ0) is 26.0. The Labute approximate surface area is 258 Å². The van der Waals surface area contributed by atoms with Gasteiger partial charge in [0.15, 0.2) is 0 Å². The highest BCUT2D eigenvalue weighted by Crippen LogP contribution is 2.31. The van der Waals surface area contributed by atoms with Gasteiger partial charge in [0.1, 0.15) is 28.0 Å². The van der Waals surface area contributed by atoms with E-state index in [4.69, 9.17) is 0 Å². The van der Waals surface area contributed by atoms with Gasteiger partial charge in [-0.15, -0.1) is 23.5 Å². The molecule has 208 valence electrons. The van der Waals surface area contributed by atoms with Gasteiger partial charge in [-0.3, -0.25) is 4.90 Å². The molecule has 6 nitrogen and oxygen atoms in total. The smallest absolute Gasteiger partial charge is 0.138 e. The third-order valence-corrected chi connectivity index (χ3v) is 9.99. The Morgan fingerprint density at radius 3 is 2.00 bits per heavy atom. The number of unbranched alkanes of at least 4 members (excludes halogenated alkanes) is 2. The van der Waals surface area contributed by atoms with Crippen molar-refractivity contribution in [1.82, 2.24) is 22.4 Å². The summed E-state index contributed by atoms with van der Waals surface area (Å²) in [6, 6.07) is 0.636. The van der Waals surface area contributed by atoms with Crippen LogP contribution >= 0.6 is 47.0 Å². The Morgan fingerprint density at radius 2 is 1.49 bits per heavy atom. The molecule has 0 amide bonds. The molecule has 1 unspecified atom stereocenters. The van der Waals surface area contributed by atoms with E-state index >= 15 is 0 Å². The highest BCUT2D eigenvalue weighted by atomic mass is 127. The summed E-state index contributed by atoms with van der Waals surface area (Å²) >= 11 is 6.40. The van der Waals surface area contributed by atoms with Crippen LogP contribution < -0.4 is 24.0 Å². The van der Waals surface area contributed by atoms with E-state index in [0.29, 0.717) is 6.04 Å². The van der Waals surface area contributed by atoms with Gasteiger partial charge in [0, 0.05) is 24.6 Å². The van der Waals surface area contributed by atoms with E-state index in [0.717, 1.165) is 63.4 Å². The molecule has 2 aromatic heterocycles. The van der Waals surface area contributed by atoms with Gasteiger partial charge >= 0.3 is 0 Å². The summed E-state index contributed by atoms with van der Waals surface area (Å²) in [7, 11) is 6.76. The number of thioether (sulfide) groups is 2. The summed E-state index contributed by atoms with van der Waals surface area (Å²) in [5.74, 6) is 2.30. The van der Waals surface area contributed by atoms with Crippen LogP contribution in [-0.2, 0) is 0 Å². The Bertz CT molecular complexity index is 1000. The van der Waals surface area contributed by atoms with Crippen molar-refractivity contribution in [3.8, 4) is 0 Å². The van der Waals surface area contributed by atoms with Crippen molar-refractivity contribution in [3.63, 3.8) is 0 Å². The number of quaternary nitrogens is 1. The number of aromatic nitrogens is 4. The first kappa shape index (κ1) is 33.2. The van der Waals surface area contributed by atoms with Crippen molar-refractivity contribution in [2.75, 3.05) is 52.3 Å². The Hall–Kier alpha value is -0.0500. The number of likely N-dealkylation sites (N-methyl/N-ethyl adjacent to an activating group) is 2. The molecule has 0 aromatic carbocycles. The van der Waals surface area contributed by atoms with Crippen LogP contribution in [0.3, 0.4) is 0 Å². The molecule has 1 atom stereocenters. The normalized spacial score (nSPS) is 19.4. The first-order valence-corrected chi connectivity index (χ1v) is 16.6. The maximum Gasteiger partial charge on any atom is 0.138 e. The second kappa shape index (κ2) is 16.9. The van der Waals surface area contributed by atoms with Crippen LogP contribution in [0.4, 0.5) is 0 Å². The Balaban J connectivity index is 0.000000253. The average molecular weight is 695 g/mol. The van der Waals surface area contributed by atoms with Crippen molar-refractivity contribution in [3.05, 3.63) is 23.5 Å². The second-order valence-corrected chi connectivity index (χ2v) is 13.5. The molecule has 4 heterocycles. The molecule has 0 saturated heterocycles. The molecule has 0 radical (unpaired) electrons. The maximum absolute atomic E-state index is 4.52. The number of hydrogen-bond acceptors (Lipinski definition) is 9. The fourth-order valence-electron chi connectivity index (χ4n) is 4.09. The standard InChI is InChI=1S/C13H22N3S2.C13H21N3S2.HI/c1-4-5-9-17-13-12(14-18-15-13)11-7-6-8-16(2,3)10-11;1-4-5-8-17-13-12(14-18-15-13)11-7-6-10(2)16(3)9-11;/h7H,4-6,8-10H2,1-3H3;7,10H,4-6,8-9H2,1-3H3;1H/q+1;;/p-1. The lowest BCUT2D eigenvalue weighted by molar-refractivity contribution is -0.883. The van der Waals surface area contributed by atoms with E-state index < -0.39 is 0 Å². The molecule has 2 aliphatic rings. The monoisotopic (exact) mass is 694 g/mol. The molecule has 0 spiro atoms. The molecule has 0 N–H and O–H groups in total. The van der Waals surface area contributed by atoms with Gasteiger partial charge in [0.2, 0.25) is 0 Å². The van der Waals surface area contributed by atoms with Crippen LogP contribution in [0, 0.1) is 0 Å². The quantitative estimate of drug-likeness (QED) is 0.162. The van der Waals surface area contributed by atoms with Crippen LogP contribution in [0.25, 0.3) is 11.1 Å². The molecule has 2 aromatic rings. The average Bonchev–Trinajstić information content (AvgIpc) is 3.51. The predicted octanol–water partition coefficient (Wildman–Crippen LogP) is 3.84. The van der Waals surface area contributed by atoms with Crippen LogP contribution in [0.1, 0.15) is 70.7 Å². The minimum Gasteiger partial charge on any atom is -1.00 e. The van der Waals surface area contributed by atoms with Crippen molar-refractivity contribution in [2.45, 2.75) is 75.4 Å². The van der Waals surface area contributed by atoms with Gasteiger partial charge in [-0.2, -0.15) is 17.5 Å². The van der Waals surface area contributed by atoms with Crippen LogP contribution in [0.15, 0.2) is 22.2 Å². The van der Waals surface area contributed by atoms with E-state index in [-0.39, 0.29) is 24.0 Å². The van der Waals surface area contributed by atoms with E-state index in [1.54, 1.807) is 0 Å². The molecule has 4 rings (SSSR count). The lowest BCUT2D eigenvalue weighted by Gasteiger charge is -2.33. The molecule has 0 aliphatic carbocycles. The molecule has 0 fully saturated rings. The predicted molar refractivity (Wildman–Crippen MR) is 160 cm³/mol. The molecule has 2 aliphatic heterocycles. The molecule has 37 heavy (non-hydrogen) atoms. The maximum atomic E-state index is 4.52. The molecule has 11 heteroatoms. The van der Waals surface area contributed by atoms with Gasteiger partial charge in [-0.05, 0) is 50.3 Å². The Kier molecular flexibility index (Phi) is 15.2. The van der Waals surface area contributed by atoms with Crippen molar-refractivity contribution < 1.29 is 28.5 Å².